The molecule has 53 heavy (non-hydrogen) atoms. The molecule has 0 saturated carbocycles. The number of benzene rings is 7. The van der Waals surface area contributed by atoms with Gasteiger partial charge in [0.2, 0.25) is 0 Å². The van der Waals surface area contributed by atoms with Crippen LogP contribution in [0.25, 0.3) is 95.3 Å². The van der Waals surface area contributed by atoms with E-state index in [1.807, 2.05) is 28.7 Å². The third-order valence-corrected chi connectivity index (χ3v) is 13.2. The van der Waals surface area contributed by atoms with Crippen molar-refractivity contribution in [2.75, 3.05) is 0 Å². The van der Waals surface area contributed by atoms with Crippen LogP contribution in [0.2, 0.25) is 0 Å². The molecule has 0 N–H and O–H groups in total. The number of aromatic nitrogens is 2. The van der Waals surface area contributed by atoms with Gasteiger partial charge in [0.15, 0.2) is 0 Å². The zero-order chi connectivity index (χ0) is 35.5. The Kier molecular flexibility index (Phi) is 6.29. The Bertz CT molecular complexity index is 3240. The van der Waals surface area contributed by atoms with Crippen molar-refractivity contribution < 1.29 is 0 Å². The molecule has 0 atom stereocenters. The number of para-hydroxylation sites is 2. The van der Waals surface area contributed by atoms with E-state index < -0.39 is 0 Å². The Labute approximate surface area is 312 Å². The van der Waals surface area contributed by atoms with Gasteiger partial charge in [-0.25, -0.2) is 0 Å². The third kappa shape index (κ3) is 3.97. The summed E-state index contributed by atoms with van der Waals surface area (Å²) in [6.07, 6.45) is 0. The molecule has 6 heteroatoms. The van der Waals surface area contributed by atoms with Crippen molar-refractivity contribution in [3.63, 3.8) is 0 Å². The summed E-state index contributed by atoms with van der Waals surface area (Å²) in [4.78, 5) is 0. The van der Waals surface area contributed by atoms with E-state index in [0.717, 1.165) is 49.8 Å². The Hall–Kier alpha value is -6.44. The highest BCUT2D eigenvalue weighted by atomic mass is 32.1. The van der Waals surface area contributed by atoms with Crippen molar-refractivity contribution in [1.29, 1.82) is 10.5 Å². The molecule has 0 saturated heterocycles. The van der Waals surface area contributed by atoms with Crippen LogP contribution in [0.1, 0.15) is 36.5 Å². The van der Waals surface area contributed by atoms with Crippen LogP contribution in [0.5, 0.6) is 0 Å². The number of nitrogens with zero attached hydrogens (tertiary/aromatic N) is 4. The number of hydrogen-bond donors (Lipinski definition) is 0. The Morgan fingerprint density at radius 2 is 0.868 bits per heavy atom. The molecule has 0 aliphatic rings. The highest BCUT2D eigenvalue weighted by molar-refractivity contribution is 7.26. The maximum Gasteiger partial charge on any atom is 0.101 e. The van der Waals surface area contributed by atoms with Gasteiger partial charge in [-0.2, -0.15) is 10.5 Å². The van der Waals surface area contributed by atoms with E-state index >= 15 is 0 Å². The maximum absolute atomic E-state index is 11.0. The van der Waals surface area contributed by atoms with Crippen LogP contribution in [0, 0.1) is 22.7 Å². The molecule has 0 aliphatic heterocycles. The van der Waals surface area contributed by atoms with Crippen molar-refractivity contribution in [1.82, 2.24) is 9.13 Å². The summed E-state index contributed by atoms with van der Waals surface area (Å²) in [6.45, 7) is 4.36. The number of rotatable bonds is 3. The van der Waals surface area contributed by atoms with Crippen molar-refractivity contribution in [3.05, 3.63) is 144 Å². The minimum Gasteiger partial charge on any atom is -0.308 e. The van der Waals surface area contributed by atoms with Gasteiger partial charge in [-0.05, 0) is 60.5 Å². The summed E-state index contributed by atoms with van der Waals surface area (Å²) >= 11 is 3.63. The highest BCUT2D eigenvalue weighted by Crippen LogP contribution is 2.48. The van der Waals surface area contributed by atoms with Gasteiger partial charge in [-0.1, -0.05) is 86.6 Å². The molecule has 0 radical (unpaired) electrons. The molecule has 0 amide bonds. The van der Waals surface area contributed by atoms with Gasteiger partial charge in [-0.15, -0.1) is 22.7 Å². The number of hydrogen-bond acceptors (Lipinski definition) is 4. The standard InChI is InChI=1S/C47H28N4S2/c1-26(2)41-46(50-33-15-7-3-11-29(33)42-35(50)19-21-39-44(42)31-13-5-9-17-37(31)52-39)27(24-48)23-28(25-49)47(41)51-34-16-8-4-12-30(34)43-36(51)20-22-40-45(43)32-14-6-10-18-38(32)53-40/h3-23,26H,1-2H3. The second-order valence-corrected chi connectivity index (χ2v) is 16.2. The average molecular weight is 713 g/mol. The largest absolute Gasteiger partial charge is 0.308 e. The highest BCUT2D eigenvalue weighted by Gasteiger charge is 2.29. The predicted octanol–water partition coefficient (Wildman–Crippen LogP) is 13.5. The van der Waals surface area contributed by atoms with Crippen molar-refractivity contribution in [2.45, 2.75) is 19.8 Å². The van der Waals surface area contributed by atoms with Gasteiger partial charge in [0, 0.05) is 67.5 Å². The lowest BCUT2D eigenvalue weighted by atomic mass is 9.91. The second-order valence-electron chi connectivity index (χ2n) is 14.0. The van der Waals surface area contributed by atoms with Crippen molar-refractivity contribution in [3.8, 4) is 23.5 Å². The molecule has 0 spiro atoms. The van der Waals surface area contributed by atoms with E-state index in [1.54, 1.807) is 0 Å². The lowest BCUT2D eigenvalue weighted by Gasteiger charge is -2.24. The Balaban J connectivity index is 1.35. The first kappa shape index (κ1) is 30.2. The van der Waals surface area contributed by atoms with Gasteiger partial charge >= 0.3 is 0 Å². The molecular weight excluding hydrogens is 685 g/mol. The summed E-state index contributed by atoms with van der Waals surface area (Å²) in [7, 11) is 0. The molecule has 11 rings (SSSR count). The van der Waals surface area contributed by atoms with E-state index in [-0.39, 0.29) is 5.92 Å². The molecule has 0 aliphatic carbocycles. The minimum absolute atomic E-state index is 0.0377. The molecule has 4 nitrogen and oxygen atoms in total. The van der Waals surface area contributed by atoms with E-state index in [4.69, 9.17) is 0 Å². The summed E-state index contributed by atoms with van der Waals surface area (Å²) in [5.74, 6) is -0.0377. The Morgan fingerprint density at radius 1 is 0.453 bits per heavy atom. The minimum atomic E-state index is -0.0377. The summed E-state index contributed by atoms with van der Waals surface area (Å²) < 4.78 is 9.59. The molecule has 0 unspecified atom stereocenters. The zero-order valence-electron chi connectivity index (χ0n) is 28.8. The first-order chi connectivity index (χ1) is 26.1. The SMILES string of the molecule is CC(C)c1c(-n2c3ccccc3c3c4c(ccc32)sc2ccccc24)c(C#N)cc(C#N)c1-n1c2ccccc2c2c3c(ccc21)sc1ccccc13. The molecule has 0 bridgehead atoms. The quantitative estimate of drug-likeness (QED) is 0.183. The van der Waals surface area contributed by atoms with Gasteiger partial charge < -0.3 is 9.13 Å². The van der Waals surface area contributed by atoms with Crippen molar-refractivity contribution >= 4 is 107 Å². The predicted molar refractivity (Wildman–Crippen MR) is 224 cm³/mol. The third-order valence-electron chi connectivity index (χ3n) is 10.9. The normalized spacial score (nSPS) is 12.1. The molecular formula is C47H28N4S2. The van der Waals surface area contributed by atoms with Gasteiger partial charge in [0.05, 0.1) is 44.6 Å². The zero-order valence-corrected chi connectivity index (χ0v) is 30.4. The smallest absolute Gasteiger partial charge is 0.101 e. The van der Waals surface area contributed by atoms with Crippen LogP contribution >= 0.6 is 22.7 Å². The van der Waals surface area contributed by atoms with Gasteiger partial charge in [0.25, 0.3) is 0 Å². The lowest BCUT2D eigenvalue weighted by molar-refractivity contribution is 0.839. The number of fused-ring (bicyclic) bond motifs is 14. The second kappa shape index (κ2) is 11.0. The molecule has 0 fully saturated rings. The molecule has 4 heterocycles. The molecule has 11 aromatic rings. The topological polar surface area (TPSA) is 57.4 Å². The number of thiophene rings is 2. The fourth-order valence-electron chi connectivity index (χ4n) is 8.91. The molecule has 7 aromatic carbocycles. The van der Waals surface area contributed by atoms with E-state index in [0.29, 0.717) is 11.1 Å². The first-order valence-corrected chi connectivity index (χ1v) is 19.4. The average Bonchev–Trinajstić information content (AvgIpc) is 3.94. The van der Waals surface area contributed by atoms with Gasteiger partial charge in [0.1, 0.15) is 12.1 Å². The van der Waals surface area contributed by atoms with Crippen LogP contribution in [0.15, 0.2) is 127 Å². The van der Waals surface area contributed by atoms with E-state index in [9.17, 15) is 10.5 Å². The van der Waals surface area contributed by atoms with E-state index in [1.165, 1.54) is 51.1 Å². The van der Waals surface area contributed by atoms with Crippen LogP contribution < -0.4 is 0 Å². The monoisotopic (exact) mass is 712 g/mol. The van der Waals surface area contributed by atoms with Crippen LogP contribution in [-0.2, 0) is 0 Å². The molecule has 248 valence electrons. The summed E-state index contributed by atoms with van der Waals surface area (Å²) in [6, 6.07) is 50.2. The summed E-state index contributed by atoms with van der Waals surface area (Å²) in [5.41, 5.74) is 7.76. The number of nitriles is 2. The Morgan fingerprint density at radius 3 is 1.30 bits per heavy atom. The summed E-state index contributed by atoms with van der Waals surface area (Å²) in [5, 5.41) is 31.5. The fourth-order valence-corrected chi connectivity index (χ4v) is 11.1. The lowest BCUT2D eigenvalue weighted by Crippen LogP contribution is -2.12. The fraction of sp³-hybridized carbons (Fsp3) is 0.0638. The first-order valence-electron chi connectivity index (χ1n) is 17.8. The van der Waals surface area contributed by atoms with Gasteiger partial charge in [-0.3, -0.25) is 0 Å². The van der Waals surface area contributed by atoms with Crippen LogP contribution in [0.4, 0.5) is 0 Å². The van der Waals surface area contributed by atoms with Crippen LogP contribution in [-0.4, -0.2) is 9.13 Å². The van der Waals surface area contributed by atoms with Crippen LogP contribution in [0.3, 0.4) is 0 Å². The maximum atomic E-state index is 11.0. The van der Waals surface area contributed by atoms with Crippen molar-refractivity contribution in [2.24, 2.45) is 0 Å². The van der Waals surface area contributed by atoms with E-state index in [2.05, 4.69) is 156 Å². The molecule has 4 aromatic heterocycles.